The summed E-state index contributed by atoms with van der Waals surface area (Å²) in [4.78, 5) is 42.6. The molecule has 1 aliphatic rings. The molecule has 8 heteroatoms. The molecular formula is C7H6N2O5S. The SMILES string of the molecule is O=C(O)CNC(=O)/C=C1\SC(=O)NC1=O. The summed E-state index contributed by atoms with van der Waals surface area (Å²) in [5, 5.41) is 11.7. The lowest BCUT2D eigenvalue weighted by atomic mass is 10.4. The fourth-order valence-corrected chi connectivity index (χ4v) is 1.41. The van der Waals surface area contributed by atoms with Gasteiger partial charge in [-0.25, -0.2) is 0 Å². The molecule has 1 aliphatic heterocycles. The van der Waals surface area contributed by atoms with Gasteiger partial charge in [0.25, 0.3) is 11.1 Å². The van der Waals surface area contributed by atoms with Crippen LogP contribution in [0.2, 0.25) is 0 Å². The molecule has 0 bridgehead atoms. The number of carbonyl (C=O) groups excluding carboxylic acids is 3. The molecular weight excluding hydrogens is 224 g/mol. The number of nitrogens with one attached hydrogen (secondary N) is 2. The lowest BCUT2D eigenvalue weighted by Gasteiger charge is -1.96. The van der Waals surface area contributed by atoms with E-state index in [0.29, 0.717) is 11.8 Å². The van der Waals surface area contributed by atoms with Gasteiger partial charge < -0.3 is 10.4 Å². The van der Waals surface area contributed by atoms with Crippen LogP contribution < -0.4 is 10.6 Å². The Labute approximate surface area is 87.9 Å². The number of aliphatic carboxylic acids is 1. The van der Waals surface area contributed by atoms with Crippen LogP contribution in [0.1, 0.15) is 0 Å². The van der Waals surface area contributed by atoms with Gasteiger partial charge in [-0.3, -0.25) is 24.5 Å². The summed E-state index contributed by atoms with van der Waals surface area (Å²) >= 11 is 0.590. The molecule has 0 saturated carbocycles. The molecule has 1 heterocycles. The van der Waals surface area contributed by atoms with Gasteiger partial charge in [0.2, 0.25) is 5.91 Å². The molecule has 0 atom stereocenters. The minimum atomic E-state index is -1.19. The summed E-state index contributed by atoms with van der Waals surface area (Å²) in [6, 6.07) is 0. The van der Waals surface area contributed by atoms with Gasteiger partial charge in [-0.15, -0.1) is 0 Å². The van der Waals surface area contributed by atoms with Crippen molar-refractivity contribution in [3.8, 4) is 0 Å². The highest BCUT2D eigenvalue weighted by atomic mass is 32.2. The summed E-state index contributed by atoms with van der Waals surface area (Å²) in [6.45, 7) is -0.539. The van der Waals surface area contributed by atoms with Crippen molar-refractivity contribution in [1.82, 2.24) is 10.6 Å². The molecule has 0 aromatic carbocycles. The van der Waals surface area contributed by atoms with Gasteiger partial charge in [-0.2, -0.15) is 0 Å². The minimum Gasteiger partial charge on any atom is -0.480 e. The fourth-order valence-electron chi connectivity index (χ4n) is 0.754. The summed E-state index contributed by atoms with van der Waals surface area (Å²) in [5.74, 6) is -2.58. The molecule has 0 aromatic heterocycles. The van der Waals surface area contributed by atoms with Gasteiger partial charge >= 0.3 is 5.97 Å². The van der Waals surface area contributed by atoms with Crippen LogP contribution >= 0.6 is 11.8 Å². The Bertz CT molecular complexity index is 376. The van der Waals surface area contributed by atoms with Crippen LogP contribution in [0.15, 0.2) is 11.0 Å². The summed E-state index contributed by atoms with van der Waals surface area (Å²) < 4.78 is 0. The Hall–Kier alpha value is -1.83. The van der Waals surface area contributed by atoms with Crippen molar-refractivity contribution in [2.24, 2.45) is 0 Å². The summed E-state index contributed by atoms with van der Waals surface area (Å²) in [7, 11) is 0. The number of carbonyl (C=O) groups is 4. The molecule has 0 radical (unpaired) electrons. The predicted octanol–water partition coefficient (Wildman–Crippen LogP) is -0.946. The Kier molecular flexibility index (Phi) is 3.45. The average Bonchev–Trinajstić information content (AvgIpc) is 2.42. The van der Waals surface area contributed by atoms with Crippen LogP contribution in [0.5, 0.6) is 0 Å². The maximum atomic E-state index is 11.0. The van der Waals surface area contributed by atoms with Crippen molar-refractivity contribution in [2.45, 2.75) is 0 Å². The molecule has 0 aliphatic carbocycles. The standard InChI is InChI=1S/C7H6N2O5S/c10-4(8-2-5(11)12)1-3-6(13)9-7(14)15-3/h1H,2H2,(H,8,10)(H,11,12)(H,9,13,14)/b3-1-. The number of imide groups is 1. The van der Waals surface area contributed by atoms with Crippen molar-refractivity contribution < 1.29 is 24.3 Å². The molecule has 1 fully saturated rings. The molecule has 3 amide bonds. The number of carboxylic acid groups (broad SMARTS) is 1. The molecule has 80 valence electrons. The van der Waals surface area contributed by atoms with Gasteiger partial charge in [-0.05, 0) is 11.8 Å². The number of rotatable bonds is 3. The van der Waals surface area contributed by atoms with E-state index in [9.17, 15) is 19.2 Å². The lowest BCUT2D eigenvalue weighted by molar-refractivity contribution is -0.137. The number of amides is 3. The number of carboxylic acids is 1. The van der Waals surface area contributed by atoms with Crippen molar-refractivity contribution >= 4 is 34.8 Å². The van der Waals surface area contributed by atoms with Gasteiger partial charge in [0.05, 0.1) is 4.91 Å². The number of thioether (sulfide) groups is 1. The van der Waals surface area contributed by atoms with E-state index in [-0.39, 0.29) is 4.91 Å². The van der Waals surface area contributed by atoms with Crippen molar-refractivity contribution in [1.29, 1.82) is 0 Å². The zero-order valence-electron chi connectivity index (χ0n) is 7.27. The number of hydrogen-bond acceptors (Lipinski definition) is 5. The van der Waals surface area contributed by atoms with E-state index >= 15 is 0 Å². The van der Waals surface area contributed by atoms with Crippen LogP contribution in [-0.4, -0.2) is 34.7 Å². The molecule has 0 aromatic rings. The quantitative estimate of drug-likeness (QED) is 0.539. The van der Waals surface area contributed by atoms with Gasteiger partial charge in [0, 0.05) is 6.08 Å². The summed E-state index contributed by atoms with van der Waals surface area (Å²) in [6.07, 6.45) is 0.883. The van der Waals surface area contributed by atoms with E-state index < -0.39 is 29.6 Å². The van der Waals surface area contributed by atoms with Crippen LogP contribution in [0, 0.1) is 0 Å². The third-order valence-electron chi connectivity index (χ3n) is 1.32. The van der Waals surface area contributed by atoms with Gasteiger partial charge in [0.1, 0.15) is 6.54 Å². The molecule has 3 N–H and O–H groups in total. The van der Waals surface area contributed by atoms with E-state index in [1.165, 1.54) is 0 Å². The first kappa shape index (κ1) is 11.2. The second kappa shape index (κ2) is 4.60. The largest absolute Gasteiger partial charge is 0.480 e. The Morgan fingerprint density at radius 1 is 1.47 bits per heavy atom. The Morgan fingerprint density at radius 3 is 2.60 bits per heavy atom. The molecule has 15 heavy (non-hydrogen) atoms. The van der Waals surface area contributed by atoms with Crippen LogP contribution in [0.25, 0.3) is 0 Å². The first-order chi connectivity index (χ1) is 6.99. The van der Waals surface area contributed by atoms with Crippen LogP contribution in [0.4, 0.5) is 4.79 Å². The second-order valence-electron chi connectivity index (χ2n) is 2.46. The first-order valence-corrected chi connectivity index (χ1v) is 4.55. The molecule has 7 nitrogen and oxygen atoms in total. The third-order valence-corrected chi connectivity index (χ3v) is 2.13. The van der Waals surface area contributed by atoms with Crippen LogP contribution in [-0.2, 0) is 14.4 Å². The monoisotopic (exact) mass is 230 g/mol. The maximum absolute atomic E-state index is 11.0. The Morgan fingerprint density at radius 2 is 2.13 bits per heavy atom. The fraction of sp³-hybridized carbons (Fsp3) is 0.143. The third kappa shape index (κ3) is 3.43. The Balaban J connectivity index is 2.55. The highest BCUT2D eigenvalue weighted by Gasteiger charge is 2.25. The van der Waals surface area contributed by atoms with Gasteiger partial charge in [-0.1, -0.05) is 0 Å². The van der Waals surface area contributed by atoms with Crippen molar-refractivity contribution in [2.75, 3.05) is 6.54 Å². The molecule has 0 unspecified atom stereocenters. The zero-order chi connectivity index (χ0) is 11.4. The number of hydrogen-bond donors (Lipinski definition) is 3. The van der Waals surface area contributed by atoms with Crippen LogP contribution in [0.3, 0.4) is 0 Å². The highest BCUT2D eigenvalue weighted by molar-refractivity contribution is 8.18. The normalized spacial score (nSPS) is 17.7. The van der Waals surface area contributed by atoms with E-state index in [0.717, 1.165) is 6.08 Å². The predicted molar refractivity (Wildman–Crippen MR) is 49.9 cm³/mol. The topological polar surface area (TPSA) is 113 Å². The highest BCUT2D eigenvalue weighted by Crippen LogP contribution is 2.22. The smallest absolute Gasteiger partial charge is 0.322 e. The van der Waals surface area contributed by atoms with E-state index in [1.54, 1.807) is 0 Å². The first-order valence-electron chi connectivity index (χ1n) is 3.73. The van der Waals surface area contributed by atoms with Crippen molar-refractivity contribution in [3.63, 3.8) is 0 Å². The zero-order valence-corrected chi connectivity index (χ0v) is 8.09. The minimum absolute atomic E-state index is 0.0529. The second-order valence-corrected chi connectivity index (χ2v) is 3.48. The van der Waals surface area contributed by atoms with E-state index in [4.69, 9.17) is 5.11 Å². The van der Waals surface area contributed by atoms with E-state index in [2.05, 4.69) is 0 Å². The molecule has 1 saturated heterocycles. The maximum Gasteiger partial charge on any atom is 0.322 e. The summed E-state index contributed by atoms with van der Waals surface area (Å²) in [5.41, 5.74) is 0. The van der Waals surface area contributed by atoms with Crippen molar-refractivity contribution in [3.05, 3.63) is 11.0 Å². The average molecular weight is 230 g/mol. The van der Waals surface area contributed by atoms with Gasteiger partial charge in [0.15, 0.2) is 0 Å². The lowest BCUT2D eigenvalue weighted by Crippen LogP contribution is -2.28. The van der Waals surface area contributed by atoms with E-state index in [1.807, 2.05) is 10.6 Å². The molecule has 1 rings (SSSR count). The molecule has 0 spiro atoms.